The Balaban J connectivity index is 1.31. The van der Waals surface area contributed by atoms with Gasteiger partial charge in [-0.15, -0.1) is 0 Å². The van der Waals surface area contributed by atoms with Gasteiger partial charge < -0.3 is 20.1 Å². The second-order valence-electron chi connectivity index (χ2n) is 8.88. The first kappa shape index (κ1) is 22.7. The van der Waals surface area contributed by atoms with Crippen LogP contribution in [-0.4, -0.2) is 30.3 Å². The van der Waals surface area contributed by atoms with Gasteiger partial charge in [-0.05, 0) is 56.9 Å². The van der Waals surface area contributed by atoms with Crippen LogP contribution in [0.15, 0.2) is 54.6 Å². The Labute approximate surface area is 184 Å². The second kappa shape index (κ2) is 10.3. The summed E-state index contributed by atoms with van der Waals surface area (Å²) in [6.07, 6.45) is 1.64. The molecule has 0 saturated heterocycles. The fraction of sp³-hybridized carbons (Fsp3) is 0.440. The Kier molecular flexibility index (Phi) is 7.55. The van der Waals surface area contributed by atoms with Crippen molar-refractivity contribution < 1.29 is 19.1 Å². The van der Waals surface area contributed by atoms with E-state index in [2.05, 4.69) is 10.6 Å². The number of hydrogen-bond acceptors (Lipinski definition) is 4. The average molecular weight is 425 g/mol. The summed E-state index contributed by atoms with van der Waals surface area (Å²) in [7, 11) is 0. The van der Waals surface area contributed by atoms with Gasteiger partial charge in [-0.2, -0.15) is 0 Å². The van der Waals surface area contributed by atoms with Gasteiger partial charge in [0.05, 0.1) is 6.61 Å². The number of hydrogen-bond donors (Lipinski definition) is 2. The van der Waals surface area contributed by atoms with Gasteiger partial charge >= 0.3 is 6.09 Å². The molecule has 1 aliphatic rings. The normalized spacial score (nSPS) is 17.5. The van der Waals surface area contributed by atoms with Crippen LogP contribution in [-0.2, 0) is 16.1 Å². The molecule has 1 aliphatic carbocycles. The lowest BCUT2D eigenvalue weighted by Gasteiger charge is -2.19. The van der Waals surface area contributed by atoms with Crippen LogP contribution in [0.3, 0.4) is 0 Å². The molecule has 0 radical (unpaired) electrons. The highest BCUT2D eigenvalue weighted by atomic mass is 16.6. The molecule has 2 aromatic rings. The maximum absolute atomic E-state index is 11.9. The van der Waals surface area contributed by atoms with E-state index in [4.69, 9.17) is 9.47 Å². The summed E-state index contributed by atoms with van der Waals surface area (Å²) in [5.41, 5.74) is 1.77. The molecule has 2 atom stereocenters. The number of nitrogens with one attached hydrogen (secondary N) is 2. The van der Waals surface area contributed by atoms with Crippen LogP contribution >= 0.6 is 0 Å². The van der Waals surface area contributed by atoms with Crippen molar-refractivity contribution in [2.75, 3.05) is 6.61 Å². The van der Waals surface area contributed by atoms with Crippen molar-refractivity contribution in [2.24, 2.45) is 0 Å². The van der Waals surface area contributed by atoms with Crippen LogP contribution < -0.4 is 15.4 Å². The first-order chi connectivity index (χ1) is 14.8. The minimum atomic E-state index is -0.490. The molecule has 2 aromatic carbocycles. The number of benzene rings is 2. The van der Waals surface area contributed by atoms with Crippen LogP contribution in [0, 0.1) is 0 Å². The standard InChI is InChI=1S/C25H32N2O4/c1-25(2,3)31-24(29)27-22-16-21(22)19-11-13-20(14-12-19)30-15-7-10-23(28)26-17-18-8-5-4-6-9-18/h4-6,8-9,11-14,21-22H,7,10,15-17H2,1-3H3,(H,26,28)(H,27,29). The Morgan fingerprint density at radius 1 is 1.03 bits per heavy atom. The van der Waals surface area contributed by atoms with E-state index < -0.39 is 5.60 Å². The summed E-state index contributed by atoms with van der Waals surface area (Å²) < 4.78 is 11.1. The van der Waals surface area contributed by atoms with Crippen molar-refractivity contribution in [3.8, 4) is 5.75 Å². The summed E-state index contributed by atoms with van der Waals surface area (Å²) in [6.45, 7) is 6.60. The molecule has 0 spiro atoms. The fourth-order valence-corrected chi connectivity index (χ4v) is 3.30. The Hall–Kier alpha value is -3.02. The van der Waals surface area contributed by atoms with Crippen molar-refractivity contribution in [3.63, 3.8) is 0 Å². The third kappa shape index (κ3) is 7.96. The van der Waals surface area contributed by atoms with Gasteiger partial charge in [0, 0.05) is 24.9 Å². The summed E-state index contributed by atoms with van der Waals surface area (Å²) in [5.74, 6) is 1.13. The Bertz CT molecular complexity index is 859. The highest BCUT2D eigenvalue weighted by molar-refractivity contribution is 5.75. The SMILES string of the molecule is CC(C)(C)OC(=O)NC1CC1c1ccc(OCCCC(=O)NCc2ccccc2)cc1. The highest BCUT2D eigenvalue weighted by Gasteiger charge is 2.40. The molecular weight excluding hydrogens is 392 g/mol. The molecule has 1 saturated carbocycles. The second-order valence-corrected chi connectivity index (χ2v) is 8.88. The molecule has 2 N–H and O–H groups in total. The predicted molar refractivity (Wildman–Crippen MR) is 120 cm³/mol. The molecule has 6 heteroatoms. The van der Waals surface area contributed by atoms with Crippen molar-refractivity contribution >= 4 is 12.0 Å². The van der Waals surface area contributed by atoms with Gasteiger partial charge in [-0.25, -0.2) is 4.79 Å². The van der Waals surface area contributed by atoms with Crippen LogP contribution in [0.4, 0.5) is 4.79 Å². The molecule has 6 nitrogen and oxygen atoms in total. The number of rotatable bonds is 9. The topological polar surface area (TPSA) is 76.7 Å². The van der Waals surface area contributed by atoms with Crippen molar-refractivity contribution in [3.05, 3.63) is 65.7 Å². The van der Waals surface area contributed by atoms with Crippen LogP contribution in [0.2, 0.25) is 0 Å². The van der Waals surface area contributed by atoms with Gasteiger partial charge in [-0.1, -0.05) is 42.5 Å². The molecule has 3 rings (SSSR count). The van der Waals surface area contributed by atoms with Gasteiger partial charge in [0.25, 0.3) is 0 Å². The summed E-state index contributed by atoms with van der Waals surface area (Å²) in [6, 6.07) is 17.9. The van der Waals surface area contributed by atoms with E-state index in [1.165, 1.54) is 5.56 Å². The number of amides is 2. The van der Waals surface area contributed by atoms with Crippen LogP contribution in [0.1, 0.15) is 57.1 Å². The zero-order valence-electron chi connectivity index (χ0n) is 18.5. The van der Waals surface area contributed by atoms with Crippen molar-refractivity contribution in [1.29, 1.82) is 0 Å². The number of carbonyl (C=O) groups is 2. The maximum Gasteiger partial charge on any atom is 0.407 e. The number of carbonyl (C=O) groups excluding carboxylic acids is 2. The lowest BCUT2D eigenvalue weighted by Crippen LogP contribution is -2.34. The largest absolute Gasteiger partial charge is 0.494 e. The van der Waals surface area contributed by atoms with E-state index in [9.17, 15) is 9.59 Å². The molecule has 0 bridgehead atoms. The molecule has 2 amide bonds. The van der Waals surface area contributed by atoms with Crippen LogP contribution in [0.5, 0.6) is 5.75 Å². The Morgan fingerprint density at radius 2 is 1.74 bits per heavy atom. The third-order valence-corrected chi connectivity index (χ3v) is 4.95. The lowest BCUT2D eigenvalue weighted by molar-refractivity contribution is -0.121. The van der Waals surface area contributed by atoms with Gasteiger partial charge in [0.2, 0.25) is 5.91 Å². The summed E-state index contributed by atoms with van der Waals surface area (Å²) in [4.78, 5) is 23.8. The number of alkyl carbamates (subject to hydrolysis) is 1. The van der Waals surface area contributed by atoms with Crippen molar-refractivity contribution in [2.45, 2.75) is 64.1 Å². The quantitative estimate of drug-likeness (QED) is 0.580. The van der Waals surface area contributed by atoms with E-state index in [0.717, 1.165) is 17.7 Å². The zero-order valence-corrected chi connectivity index (χ0v) is 18.5. The minimum Gasteiger partial charge on any atom is -0.494 e. The predicted octanol–water partition coefficient (Wildman–Crippen LogP) is 4.54. The molecule has 0 heterocycles. The van der Waals surface area contributed by atoms with E-state index in [0.29, 0.717) is 31.9 Å². The molecule has 31 heavy (non-hydrogen) atoms. The minimum absolute atomic E-state index is 0.0278. The van der Waals surface area contributed by atoms with Gasteiger partial charge in [0.15, 0.2) is 0 Å². The highest BCUT2D eigenvalue weighted by Crippen LogP contribution is 2.41. The first-order valence-corrected chi connectivity index (χ1v) is 10.8. The summed E-state index contributed by atoms with van der Waals surface area (Å²) >= 11 is 0. The molecule has 1 fully saturated rings. The van der Waals surface area contributed by atoms with E-state index in [1.807, 2.05) is 75.4 Å². The maximum atomic E-state index is 11.9. The van der Waals surface area contributed by atoms with Crippen LogP contribution in [0.25, 0.3) is 0 Å². The van der Waals surface area contributed by atoms with Gasteiger partial charge in [-0.3, -0.25) is 4.79 Å². The van der Waals surface area contributed by atoms with E-state index in [-0.39, 0.29) is 18.0 Å². The zero-order chi connectivity index (χ0) is 22.3. The molecular formula is C25H32N2O4. The molecule has 0 aromatic heterocycles. The lowest BCUT2D eigenvalue weighted by atomic mass is 10.1. The van der Waals surface area contributed by atoms with E-state index >= 15 is 0 Å². The van der Waals surface area contributed by atoms with E-state index in [1.54, 1.807) is 0 Å². The molecule has 0 aliphatic heterocycles. The van der Waals surface area contributed by atoms with Gasteiger partial charge in [0.1, 0.15) is 11.4 Å². The average Bonchev–Trinajstić information content (AvgIpc) is 3.48. The van der Waals surface area contributed by atoms with Crippen molar-refractivity contribution in [1.82, 2.24) is 10.6 Å². The monoisotopic (exact) mass is 424 g/mol. The molecule has 166 valence electrons. The molecule has 2 unspecified atom stereocenters. The summed E-state index contributed by atoms with van der Waals surface area (Å²) in [5, 5.41) is 5.84. The first-order valence-electron chi connectivity index (χ1n) is 10.8. The fourth-order valence-electron chi connectivity index (χ4n) is 3.30. The third-order valence-electron chi connectivity index (χ3n) is 4.95. The smallest absolute Gasteiger partial charge is 0.407 e. The Morgan fingerprint density at radius 3 is 2.42 bits per heavy atom. The number of ether oxygens (including phenoxy) is 2.